The summed E-state index contributed by atoms with van der Waals surface area (Å²) in [5.74, 6) is 0. The molecule has 0 aliphatic heterocycles. The van der Waals surface area contributed by atoms with E-state index >= 15 is 0 Å². The van der Waals surface area contributed by atoms with Crippen LogP contribution in [0.15, 0.2) is 231 Å². The second-order valence-corrected chi connectivity index (χ2v) is 18.8. The van der Waals surface area contributed by atoms with E-state index in [2.05, 4.69) is 254 Å². The maximum Gasteiger partial charge on any atom is 0.0726 e. The molecular formula is C64H44N2. The molecular weight excluding hydrogens is 797 g/mol. The normalized spacial score (nSPS) is 15.6. The lowest BCUT2D eigenvalue weighted by Crippen LogP contribution is -2.26. The maximum absolute atomic E-state index is 2.52. The number of para-hydroxylation sites is 2. The van der Waals surface area contributed by atoms with Crippen molar-refractivity contribution in [3.8, 4) is 50.2 Å². The fraction of sp³-hybridized carbons (Fsp3) is 0.0625. The molecule has 0 fully saturated rings. The Balaban J connectivity index is 0.978. The van der Waals surface area contributed by atoms with Gasteiger partial charge in [0.25, 0.3) is 0 Å². The molecule has 1 atom stereocenters. The maximum atomic E-state index is 2.52. The van der Waals surface area contributed by atoms with Gasteiger partial charge in [-0.05, 0) is 139 Å². The third kappa shape index (κ3) is 4.91. The lowest BCUT2D eigenvalue weighted by Gasteiger charge is -2.31. The molecule has 1 spiro atoms. The third-order valence-electron chi connectivity index (χ3n) is 15.2. The molecule has 3 aliphatic carbocycles. The first-order valence-corrected chi connectivity index (χ1v) is 23.2. The molecule has 310 valence electrons. The summed E-state index contributed by atoms with van der Waals surface area (Å²) in [6.45, 7) is 4.79. The predicted molar refractivity (Wildman–Crippen MR) is 275 cm³/mol. The number of nitrogens with zero attached hydrogens (tertiary/aromatic N) is 2. The summed E-state index contributed by atoms with van der Waals surface area (Å²) in [7, 11) is 0. The number of hydrogen-bond donors (Lipinski definition) is 0. The van der Waals surface area contributed by atoms with E-state index in [0.29, 0.717) is 0 Å². The van der Waals surface area contributed by atoms with Gasteiger partial charge < -0.3 is 9.47 Å². The Labute approximate surface area is 385 Å². The minimum Gasteiger partial charge on any atom is -0.310 e. The van der Waals surface area contributed by atoms with Gasteiger partial charge in [0, 0.05) is 38.9 Å². The highest BCUT2D eigenvalue weighted by Gasteiger charge is 2.53. The SMILES string of the molecule is CC1(C)c2ccccc2-c2c1ccc1c2-c2ccccc2C12c1ccccc1-c1ccc(-n3c4ccccc4c4cc(N(c5ccccc5)c5ccc(-c6ccccc6)cc5)ccc43)cc12. The van der Waals surface area contributed by atoms with E-state index in [1.165, 1.54) is 99.7 Å². The Kier molecular flexibility index (Phi) is 7.70. The van der Waals surface area contributed by atoms with Crippen molar-refractivity contribution < 1.29 is 0 Å². The van der Waals surface area contributed by atoms with Crippen molar-refractivity contribution in [1.29, 1.82) is 0 Å². The molecule has 1 heterocycles. The van der Waals surface area contributed by atoms with Gasteiger partial charge in [-0.25, -0.2) is 0 Å². The number of fused-ring (bicyclic) bond motifs is 17. The van der Waals surface area contributed by atoms with Crippen molar-refractivity contribution in [3.63, 3.8) is 0 Å². The topological polar surface area (TPSA) is 8.17 Å². The smallest absolute Gasteiger partial charge is 0.0726 e. The summed E-state index contributed by atoms with van der Waals surface area (Å²) in [5, 5.41) is 2.45. The van der Waals surface area contributed by atoms with Gasteiger partial charge in [0.05, 0.1) is 16.4 Å². The van der Waals surface area contributed by atoms with Crippen molar-refractivity contribution in [2.45, 2.75) is 24.7 Å². The number of anilines is 3. The van der Waals surface area contributed by atoms with Crippen LogP contribution in [0.2, 0.25) is 0 Å². The van der Waals surface area contributed by atoms with Crippen molar-refractivity contribution >= 4 is 38.9 Å². The summed E-state index contributed by atoms with van der Waals surface area (Å²) in [6, 6.07) is 86.0. The van der Waals surface area contributed by atoms with Crippen LogP contribution in [0.3, 0.4) is 0 Å². The summed E-state index contributed by atoms with van der Waals surface area (Å²) in [4.78, 5) is 2.38. The van der Waals surface area contributed by atoms with E-state index in [0.717, 1.165) is 22.7 Å². The van der Waals surface area contributed by atoms with Crippen LogP contribution in [0, 0.1) is 0 Å². The minimum absolute atomic E-state index is 0.0914. The standard InChI is InChI=1S/C64H44N2/c1-63(2)53-25-13-10-23-50(53)61-56(63)36-37-57-62(61)51-24-11-15-27-55(51)64(57)54-26-14-9-21-47(54)48-35-33-46(40-58(48)64)66-59-28-16-12-22-49(59)52-39-45(34-38-60(52)66)65(43-19-7-4-8-20-43)44-31-29-42(30-32-44)41-17-5-3-6-18-41/h3-40H,1-2H3. The van der Waals surface area contributed by atoms with Gasteiger partial charge in [0.2, 0.25) is 0 Å². The average Bonchev–Trinajstić information content (AvgIpc) is 4.04. The zero-order chi connectivity index (χ0) is 43.7. The number of rotatable bonds is 5. The quantitative estimate of drug-likeness (QED) is 0.168. The molecule has 0 saturated heterocycles. The monoisotopic (exact) mass is 840 g/mol. The van der Waals surface area contributed by atoms with Gasteiger partial charge in [0.15, 0.2) is 0 Å². The second kappa shape index (κ2) is 13.7. The van der Waals surface area contributed by atoms with Crippen molar-refractivity contribution in [3.05, 3.63) is 264 Å². The van der Waals surface area contributed by atoms with Gasteiger partial charge in [-0.2, -0.15) is 0 Å². The van der Waals surface area contributed by atoms with E-state index in [9.17, 15) is 0 Å². The molecule has 10 aromatic carbocycles. The van der Waals surface area contributed by atoms with Crippen LogP contribution in [0.4, 0.5) is 17.1 Å². The van der Waals surface area contributed by atoms with Crippen LogP contribution in [0.1, 0.15) is 47.2 Å². The van der Waals surface area contributed by atoms with Gasteiger partial charge in [0.1, 0.15) is 0 Å². The lowest BCUT2D eigenvalue weighted by molar-refractivity contribution is 0.660. The van der Waals surface area contributed by atoms with E-state index in [-0.39, 0.29) is 5.41 Å². The molecule has 0 saturated carbocycles. The molecule has 1 unspecified atom stereocenters. The second-order valence-electron chi connectivity index (χ2n) is 18.8. The largest absolute Gasteiger partial charge is 0.310 e. The zero-order valence-corrected chi connectivity index (χ0v) is 36.8. The molecule has 11 aromatic rings. The first-order chi connectivity index (χ1) is 32.5. The first-order valence-electron chi connectivity index (χ1n) is 23.2. The van der Waals surface area contributed by atoms with Crippen LogP contribution < -0.4 is 4.90 Å². The predicted octanol–water partition coefficient (Wildman–Crippen LogP) is 16.6. The van der Waals surface area contributed by atoms with E-state index < -0.39 is 5.41 Å². The molecule has 66 heavy (non-hydrogen) atoms. The Morgan fingerprint density at radius 1 is 0.333 bits per heavy atom. The highest BCUT2D eigenvalue weighted by Crippen LogP contribution is 2.66. The summed E-state index contributed by atoms with van der Waals surface area (Å²) >= 11 is 0. The summed E-state index contributed by atoms with van der Waals surface area (Å²) in [5.41, 5.74) is 25.1. The third-order valence-corrected chi connectivity index (χ3v) is 15.2. The molecule has 1 aromatic heterocycles. The van der Waals surface area contributed by atoms with Crippen molar-refractivity contribution in [2.75, 3.05) is 4.90 Å². The molecule has 2 nitrogen and oxygen atoms in total. The minimum atomic E-state index is -0.483. The van der Waals surface area contributed by atoms with Crippen LogP contribution in [0.25, 0.3) is 72.0 Å². The number of hydrogen-bond acceptors (Lipinski definition) is 1. The average molecular weight is 841 g/mol. The lowest BCUT2D eigenvalue weighted by atomic mass is 9.70. The molecule has 2 heteroatoms. The highest BCUT2D eigenvalue weighted by atomic mass is 15.1. The van der Waals surface area contributed by atoms with Gasteiger partial charge in [-0.3, -0.25) is 0 Å². The van der Waals surface area contributed by atoms with Crippen LogP contribution in [-0.4, -0.2) is 4.57 Å². The first kappa shape index (κ1) is 37.2. The fourth-order valence-corrected chi connectivity index (χ4v) is 12.4. The number of benzene rings is 10. The molecule has 0 N–H and O–H groups in total. The Morgan fingerprint density at radius 2 is 0.864 bits per heavy atom. The van der Waals surface area contributed by atoms with Crippen LogP contribution in [-0.2, 0) is 10.8 Å². The fourth-order valence-electron chi connectivity index (χ4n) is 12.4. The summed E-state index contributed by atoms with van der Waals surface area (Å²) in [6.07, 6.45) is 0. The molecule has 0 amide bonds. The summed E-state index contributed by atoms with van der Waals surface area (Å²) < 4.78 is 2.50. The molecule has 3 aliphatic rings. The Bertz CT molecular complexity index is 3780. The van der Waals surface area contributed by atoms with E-state index in [1.54, 1.807) is 0 Å². The Hall–Kier alpha value is -8.20. The molecule has 14 rings (SSSR count). The van der Waals surface area contributed by atoms with Gasteiger partial charge >= 0.3 is 0 Å². The van der Waals surface area contributed by atoms with Crippen molar-refractivity contribution in [2.24, 2.45) is 0 Å². The molecule has 0 bridgehead atoms. The van der Waals surface area contributed by atoms with E-state index in [1.807, 2.05) is 0 Å². The van der Waals surface area contributed by atoms with Gasteiger partial charge in [-0.1, -0.05) is 184 Å². The highest BCUT2D eigenvalue weighted by molar-refractivity contribution is 6.11. The zero-order valence-electron chi connectivity index (χ0n) is 36.8. The Morgan fingerprint density at radius 3 is 1.64 bits per heavy atom. The van der Waals surface area contributed by atoms with Crippen molar-refractivity contribution in [1.82, 2.24) is 4.57 Å². The molecule has 0 radical (unpaired) electrons. The van der Waals surface area contributed by atoms with E-state index in [4.69, 9.17) is 0 Å². The van der Waals surface area contributed by atoms with Crippen LogP contribution >= 0.6 is 0 Å². The van der Waals surface area contributed by atoms with Crippen LogP contribution in [0.5, 0.6) is 0 Å². The number of aromatic nitrogens is 1. The van der Waals surface area contributed by atoms with Gasteiger partial charge in [-0.15, -0.1) is 0 Å².